The molecule has 4 N–H and O–H groups in total. The van der Waals surface area contributed by atoms with Gasteiger partial charge in [-0.2, -0.15) is 0 Å². The zero-order valence-electron chi connectivity index (χ0n) is 13.1. The van der Waals surface area contributed by atoms with Crippen molar-refractivity contribution in [1.82, 2.24) is 15.2 Å². The van der Waals surface area contributed by atoms with Gasteiger partial charge < -0.3 is 15.4 Å². The summed E-state index contributed by atoms with van der Waals surface area (Å²) in [7, 11) is 0. The number of aromatic nitrogens is 3. The van der Waals surface area contributed by atoms with Crippen LogP contribution in [0.3, 0.4) is 0 Å². The number of pyridine rings is 1. The molecule has 124 valence electrons. The summed E-state index contributed by atoms with van der Waals surface area (Å²) in [6, 6.07) is 11.9. The Morgan fingerprint density at radius 1 is 1.08 bits per heavy atom. The number of H-pyrrole nitrogens is 2. The van der Waals surface area contributed by atoms with Gasteiger partial charge in [-0.1, -0.05) is 6.07 Å². The Balaban J connectivity index is 1.42. The summed E-state index contributed by atoms with van der Waals surface area (Å²) in [5, 5.41) is 13.0. The maximum Gasteiger partial charge on any atom is 0.271 e. The van der Waals surface area contributed by atoms with Crippen molar-refractivity contribution >= 4 is 22.4 Å². The fourth-order valence-electron chi connectivity index (χ4n) is 3.05. The Labute approximate surface area is 138 Å². The summed E-state index contributed by atoms with van der Waals surface area (Å²) in [6.07, 6.45) is 2.70. The van der Waals surface area contributed by atoms with Gasteiger partial charge >= 0.3 is 0 Å². The minimum atomic E-state index is -0.0998. The summed E-state index contributed by atoms with van der Waals surface area (Å²) in [5.41, 5.74) is 1.66. The number of nitrogens with zero attached hydrogens (tertiary/aromatic N) is 1. The highest BCUT2D eigenvalue weighted by molar-refractivity contribution is 5.81. The number of aromatic amines is 2. The molecule has 3 aromatic rings. The van der Waals surface area contributed by atoms with Crippen molar-refractivity contribution in [3.8, 4) is 0 Å². The zero-order chi connectivity index (χ0) is 16.4. The van der Waals surface area contributed by atoms with Gasteiger partial charge in [-0.25, -0.2) is 4.98 Å². The van der Waals surface area contributed by atoms with E-state index in [1.807, 2.05) is 36.4 Å². The van der Waals surface area contributed by atoms with E-state index in [9.17, 15) is 4.79 Å². The smallest absolute Gasteiger partial charge is 0.271 e. The second-order valence-corrected chi connectivity index (χ2v) is 6.01. The number of fused-ring (bicyclic) bond motifs is 1. The Hall–Kier alpha value is -2.80. The highest BCUT2D eigenvalue weighted by atomic mass is 16.5. The first-order valence-corrected chi connectivity index (χ1v) is 8.00. The van der Waals surface area contributed by atoms with Crippen molar-refractivity contribution in [3.63, 3.8) is 0 Å². The van der Waals surface area contributed by atoms with Crippen molar-refractivity contribution in [2.45, 2.75) is 18.5 Å². The van der Waals surface area contributed by atoms with Crippen LogP contribution in [-0.2, 0) is 4.74 Å². The summed E-state index contributed by atoms with van der Waals surface area (Å²) < 4.78 is 5.71. The predicted octanol–water partition coefficient (Wildman–Crippen LogP) is 1.93. The molecule has 2 atom stereocenters. The number of rotatable bonds is 4. The number of hydrogen-bond donors (Lipinski definition) is 4. The molecule has 1 fully saturated rings. The maximum absolute atomic E-state index is 11.6. The quantitative estimate of drug-likeness (QED) is 0.588. The molecule has 1 aliphatic rings. The molecule has 24 heavy (non-hydrogen) atoms. The molecule has 1 saturated heterocycles. The first kappa shape index (κ1) is 14.8. The summed E-state index contributed by atoms with van der Waals surface area (Å²) in [4.78, 5) is 15.8. The number of benzene rings is 1. The molecule has 0 bridgehead atoms. The van der Waals surface area contributed by atoms with E-state index in [2.05, 4.69) is 25.8 Å². The van der Waals surface area contributed by atoms with Crippen LogP contribution in [-0.4, -0.2) is 40.5 Å². The molecule has 2 unspecified atom stereocenters. The van der Waals surface area contributed by atoms with Crippen molar-refractivity contribution in [1.29, 1.82) is 0 Å². The lowest BCUT2D eigenvalue weighted by molar-refractivity contribution is 0.0784. The first-order chi connectivity index (χ1) is 11.8. The lowest BCUT2D eigenvalue weighted by atomic mass is 10.0. The molecule has 0 aliphatic carbocycles. The molecule has 4 rings (SSSR count). The van der Waals surface area contributed by atoms with Crippen LogP contribution >= 0.6 is 0 Å². The van der Waals surface area contributed by atoms with E-state index in [0.717, 1.165) is 23.4 Å². The van der Waals surface area contributed by atoms with Crippen LogP contribution in [0.5, 0.6) is 0 Å². The van der Waals surface area contributed by atoms with E-state index >= 15 is 0 Å². The SMILES string of the molecule is O=c1[nH][nH]c2cc(NC3COCC(Nc4ccccn4)C3)ccc12. The molecule has 0 amide bonds. The van der Waals surface area contributed by atoms with Crippen LogP contribution in [0.15, 0.2) is 47.4 Å². The minimum Gasteiger partial charge on any atom is -0.380 e. The second kappa shape index (κ2) is 6.37. The van der Waals surface area contributed by atoms with Gasteiger partial charge in [-0.3, -0.25) is 15.0 Å². The average molecular weight is 325 g/mol. The van der Waals surface area contributed by atoms with Crippen molar-refractivity contribution in [2.75, 3.05) is 23.8 Å². The van der Waals surface area contributed by atoms with Gasteiger partial charge in [0.2, 0.25) is 0 Å². The third-order valence-electron chi connectivity index (χ3n) is 4.17. The molecule has 3 heterocycles. The summed E-state index contributed by atoms with van der Waals surface area (Å²) >= 11 is 0. The lowest BCUT2D eigenvalue weighted by Crippen LogP contribution is -2.41. The van der Waals surface area contributed by atoms with Crippen LogP contribution < -0.4 is 16.2 Å². The standard InChI is InChI=1S/C17H19N5O2/c23-17-14-5-4-11(8-15(14)21-22-17)19-12-7-13(10-24-9-12)20-16-3-1-2-6-18-16/h1-6,8,12-13,19H,7,9-10H2,(H,18,20)(H2,21,22,23). The average Bonchev–Trinajstić information content (AvgIpc) is 2.97. The van der Waals surface area contributed by atoms with Gasteiger partial charge in [0.25, 0.3) is 5.56 Å². The van der Waals surface area contributed by atoms with E-state index in [-0.39, 0.29) is 17.6 Å². The molecule has 0 saturated carbocycles. The molecule has 7 nitrogen and oxygen atoms in total. The third kappa shape index (κ3) is 3.11. The van der Waals surface area contributed by atoms with Crippen molar-refractivity contribution < 1.29 is 4.74 Å². The molecule has 7 heteroatoms. The monoisotopic (exact) mass is 325 g/mol. The maximum atomic E-state index is 11.6. The Kier molecular flexibility index (Phi) is 3.92. The van der Waals surface area contributed by atoms with Crippen LogP contribution in [0.2, 0.25) is 0 Å². The predicted molar refractivity (Wildman–Crippen MR) is 93.4 cm³/mol. The van der Waals surface area contributed by atoms with E-state index in [0.29, 0.717) is 18.6 Å². The van der Waals surface area contributed by atoms with Gasteiger partial charge in [0, 0.05) is 11.9 Å². The van der Waals surface area contributed by atoms with Crippen LogP contribution in [0.4, 0.5) is 11.5 Å². The topological polar surface area (TPSA) is 94.8 Å². The zero-order valence-corrected chi connectivity index (χ0v) is 13.1. The van der Waals surface area contributed by atoms with E-state index in [1.54, 1.807) is 6.20 Å². The molecule has 0 spiro atoms. The molecule has 2 aromatic heterocycles. The number of nitrogens with one attached hydrogen (secondary N) is 4. The van der Waals surface area contributed by atoms with Crippen molar-refractivity contribution in [2.24, 2.45) is 0 Å². The summed E-state index contributed by atoms with van der Waals surface area (Å²) in [6.45, 7) is 1.32. The van der Waals surface area contributed by atoms with Gasteiger partial charge in [-0.05, 0) is 36.8 Å². The normalized spacial score (nSPS) is 20.8. The van der Waals surface area contributed by atoms with E-state index in [1.165, 1.54) is 0 Å². The van der Waals surface area contributed by atoms with Crippen molar-refractivity contribution in [3.05, 3.63) is 52.9 Å². The first-order valence-electron chi connectivity index (χ1n) is 8.00. The Morgan fingerprint density at radius 2 is 1.96 bits per heavy atom. The number of hydrogen-bond acceptors (Lipinski definition) is 5. The van der Waals surface area contributed by atoms with Crippen LogP contribution in [0, 0.1) is 0 Å². The van der Waals surface area contributed by atoms with Gasteiger partial charge in [0.15, 0.2) is 0 Å². The highest BCUT2D eigenvalue weighted by Crippen LogP contribution is 2.19. The van der Waals surface area contributed by atoms with Gasteiger partial charge in [0.05, 0.1) is 36.2 Å². The van der Waals surface area contributed by atoms with Gasteiger partial charge in [0.1, 0.15) is 5.82 Å². The van der Waals surface area contributed by atoms with Crippen LogP contribution in [0.1, 0.15) is 6.42 Å². The Morgan fingerprint density at radius 3 is 2.79 bits per heavy atom. The van der Waals surface area contributed by atoms with E-state index in [4.69, 9.17) is 4.74 Å². The largest absolute Gasteiger partial charge is 0.380 e. The fourth-order valence-corrected chi connectivity index (χ4v) is 3.05. The molecule has 0 radical (unpaired) electrons. The lowest BCUT2D eigenvalue weighted by Gasteiger charge is -2.31. The highest BCUT2D eigenvalue weighted by Gasteiger charge is 2.22. The number of anilines is 2. The second-order valence-electron chi connectivity index (χ2n) is 6.01. The van der Waals surface area contributed by atoms with Crippen LogP contribution in [0.25, 0.3) is 10.9 Å². The third-order valence-corrected chi connectivity index (χ3v) is 4.17. The molecule has 1 aromatic carbocycles. The fraction of sp³-hybridized carbons (Fsp3) is 0.294. The Bertz CT molecular complexity index is 873. The van der Waals surface area contributed by atoms with E-state index < -0.39 is 0 Å². The number of ether oxygens (including phenoxy) is 1. The molecular weight excluding hydrogens is 306 g/mol. The summed E-state index contributed by atoms with van der Waals surface area (Å²) in [5.74, 6) is 0.859. The molecule has 1 aliphatic heterocycles. The minimum absolute atomic E-state index is 0.0998. The molecular formula is C17H19N5O2. The van der Waals surface area contributed by atoms with Gasteiger partial charge in [-0.15, -0.1) is 0 Å².